The van der Waals surface area contributed by atoms with Gasteiger partial charge in [-0.05, 0) is 55.2 Å². The molecule has 2 rings (SSSR count). The largest absolute Gasteiger partial charge is 0.490 e. The van der Waals surface area contributed by atoms with Gasteiger partial charge in [-0.25, -0.2) is 0 Å². The van der Waals surface area contributed by atoms with E-state index in [-0.39, 0.29) is 5.92 Å². The van der Waals surface area contributed by atoms with Crippen molar-refractivity contribution in [2.75, 3.05) is 13.2 Å². The van der Waals surface area contributed by atoms with Crippen molar-refractivity contribution in [3.63, 3.8) is 0 Å². The minimum Gasteiger partial charge on any atom is -0.490 e. The first-order chi connectivity index (χ1) is 11.1. The topological polar surface area (TPSA) is 55.8 Å². The van der Waals surface area contributed by atoms with Crippen molar-refractivity contribution in [3.8, 4) is 11.5 Å². The Kier molecular flexibility index (Phi) is 6.31. The third-order valence-corrected chi connectivity index (χ3v) is 4.38. The van der Waals surface area contributed by atoms with Crippen molar-refractivity contribution >= 4 is 5.97 Å². The molecule has 4 heteroatoms. The lowest BCUT2D eigenvalue weighted by molar-refractivity contribution is -0.139. The number of carboxylic acids is 1. The lowest BCUT2D eigenvalue weighted by Crippen LogP contribution is -2.09. The summed E-state index contributed by atoms with van der Waals surface area (Å²) in [7, 11) is 0. The Morgan fingerprint density at radius 1 is 1.22 bits per heavy atom. The minimum absolute atomic E-state index is 0.145. The lowest BCUT2D eigenvalue weighted by atomic mass is 9.95. The van der Waals surface area contributed by atoms with Crippen LogP contribution >= 0.6 is 0 Å². The average molecular weight is 320 g/mol. The zero-order chi connectivity index (χ0) is 16.8. The van der Waals surface area contributed by atoms with Gasteiger partial charge in [-0.1, -0.05) is 26.8 Å². The number of hydrogen-bond acceptors (Lipinski definition) is 3. The van der Waals surface area contributed by atoms with E-state index in [1.54, 1.807) is 0 Å². The monoisotopic (exact) mass is 320 g/mol. The summed E-state index contributed by atoms with van der Waals surface area (Å²) in [5.74, 6) is 1.48. The molecule has 23 heavy (non-hydrogen) atoms. The van der Waals surface area contributed by atoms with Crippen LogP contribution in [0.4, 0.5) is 0 Å². The van der Waals surface area contributed by atoms with Crippen LogP contribution in [0.5, 0.6) is 11.5 Å². The summed E-state index contributed by atoms with van der Waals surface area (Å²) in [6.45, 7) is 7.66. The second-order valence-corrected chi connectivity index (χ2v) is 6.50. The fourth-order valence-electron chi connectivity index (χ4n) is 2.99. The molecule has 1 aliphatic carbocycles. The van der Waals surface area contributed by atoms with E-state index in [4.69, 9.17) is 14.6 Å². The second-order valence-electron chi connectivity index (χ2n) is 6.50. The predicted octanol–water partition coefficient (Wildman–Crippen LogP) is 4.16. The zero-order valence-corrected chi connectivity index (χ0v) is 14.4. The van der Waals surface area contributed by atoms with Crippen LogP contribution in [-0.4, -0.2) is 24.3 Å². The quantitative estimate of drug-likeness (QED) is 0.703. The summed E-state index contributed by atoms with van der Waals surface area (Å²) in [5.41, 5.74) is 1.18. The molecule has 1 N–H and O–H groups in total. The van der Waals surface area contributed by atoms with Crippen LogP contribution in [0.3, 0.4) is 0 Å². The Morgan fingerprint density at radius 3 is 2.43 bits per heavy atom. The first kappa shape index (κ1) is 17.6. The first-order valence-electron chi connectivity index (χ1n) is 8.68. The maximum absolute atomic E-state index is 11.0. The zero-order valence-electron chi connectivity index (χ0n) is 14.4. The van der Waals surface area contributed by atoms with Gasteiger partial charge in [0.15, 0.2) is 11.5 Å². The molecule has 1 saturated carbocycles. The highest BCUT2D eigenvalue weighted by atomic mass is 16.5. The summed E-state index contributed by atoms with van der Waals surface area (Å²) < 4.78 is 11.6. The molecule has 4 nitrogen and oxygen atoms in total. The van der Waals surface area contributed by atoms with Gasteiger partial charge in [-0.2, -0.15) is 0 Å². The van der Waals surface area contributed by atoms with Crippen LogP contribution in [0.2, 0.25) is 0 Å². The average Bonchev–Trinajstić information content (AvgIpc) is 3.32. The van der Waals surface area contributed by atoms with Crippen LogP contribution in [0.25, 0.3) is 0 Å². The van der Waals surface area contributed by atoms with Crippen molar-refractivity contribution < 1.29 is 19.4 Å². The van der Waals surface area contributed by atoms with Gasteiger partial charge in [-0.15, -0.1) is 0 Å². The summed E-state index contributed by atoms with van der Waals surface area (Å²) in [6, 6.07) is 6.10. The van der Waals surface area contributed by atoms with Gasteiger partial charge < -0.3 is 14.6 Å². The normalized spacial score (nSPS) is 20.8. The van der Waals surface area contributed by atoms with E-state index in [2.05, 4.69) is 32.9 Å². The minimum atomic E-state index is -0.655. The number of aliphatic carboxylic acids is 1. The van der Waals surface area contributed by atoms with E-state index in [9.17, 15) is 4.79 Å². The van der Waals surface area contributed by atoms with Gasteiger partial charge in [0.25, 0.3) is 0 Å². The molecule has 3 atom stereocenters. The van der Waals surface area contributed by atoms with Crippen LogP contribution in [-0.2, 0) is 11.2 Å². The van der Waals surface area contributed by atoms with Gasteiger partial charge in [0.05, 0.1) is 19.1 Å². The van der Waals surface area contributed by atoms with Gasteiger partial charge in [0.2, 0.25) is 0 Å². The van der Waals surface area contributed by atoms with Crippen LogP contribution in [0, 0.1) is 17.8 Å². The Balaban J connectivity index is 2.02. The molecule has 1 fully saturated rings. The Hall–Kier alpha value is -1.71. The van der Waals surface area contributed by atoms with Crippen LogP contribution in [0.1, 0.15) is 45.6 Å². The molecule has 1 aliphatic rings. The smallest absolute Gasteiger partial charge is 0.306 e. The maximum Gasteiger partial charge on any atom is 0.306 e. The summed E-state index contributed by atoms with van der Waals surface area (Å²) in [6.07, 6.45) is 3.61. The summed E-state index contributed by atoms with van der Waals surface area (Å²) in [4.78, 5) is 11.0. The second kappa shape index (κ2) is 8.23. The Morgan fingerprint density at radius 2 is 1.87 bits per heavy atom. The predicted molar refractivity (Wildman–Crippen MR) is 90.1 cm³/mol. The van der Waals surface area contributed by atoms with E-state index in [0.29, 0.717) is 25.0 Å². The Bertz CT molecular complexity index is 526. The van der Waals surface area contributed by atoms with Crippen LogP contribution in [0.15, 0.2) is 18.2 Å². The number of carbonyl (C=O) groups is 1. The number of benzene rings is 1. The number of ether oxygens (including phenoxy) is 2. The molecular formula is C19H28O4. The molecule has 0 saturated heterocycles. The van der Waals surface area contributed by atoms with E-state index in [1.807, 2.05) is 6.07 Å². The summed E-state index contributed by atoms with van der Waals surface area (Å²) >= 11 is 0. The highest BCUT2D eigenvalue weighted by molar-refractivity contribution is 5.73. The molecule has 0 amide bonds. The number of hydrogen-bond donors (Lipinski definition) is 1. The maximum atomic E-state index is 11.0. The number of carboxylic acid groups (broad SMARTS) is 1. The number of rotatable bonds is 10. The van der Waals surface area contributed by atoms with E-state index >= 15 is 0 Å². The fourth-order valence-corrected chi connectivity index (χ4v) is 2.99. The molecule has 0 aliphatic heterocycles. The third kappa shape index (κ3) is 4.88. The highest BCUT2D eigenvalue weighted by Crippen LogP contribution is 2.45. The van der Waals surface area contributed by atoms with Crippen molar-refractivity contribution in [1.29, 1.82) is 0 Å². The van der Waals surface area contributed by atoms with Gasteiger partial charge in [0.1, 0.15) is 0 Å². The third-order valence-electron chi connectivity index (χ3n) is 4.38. The SMILES string of the molecule is CCCOc1ccc(CC(C)C2CC2C(=O)O)cc1OCCC. The van der Waals surface area contributed by atoms with Gasteiger partial charge in [-0.3, -0.25) is 4.79 Å². The van der Waals surface area contributed by atoms with Crippen molar-refractivity contribution in [3.05, 3.63) is 23.8 Å². The molecule has 0 radical (unpaired) electrons. The fraction of sp³-hybridized carbons (Fsp3) is 0.632. The molecule has 3 unspecified atom stereocenters. The Labute approximate surface area is 138 Å². The van der Waals surface area contributed by atoms with Crippen molar-refractivity contribution in [1.82, 2.24) is 0 Å². The molecule has 1 aromatic rings. The summed E-state index contributed by atoms with van der Waals surface area (Å²) in [5, 5.41) is 9.06. The highest BCUT2D eigenvalue weighted by Gasteiger charge is 2.46. The molecular weight excluding hydrogens is 292 g/mol. The van der Waals surface area contributed by atoms with Gasteiger partial charge in [0, 0.05) is 0 Å². The molecule has 128 valence electrons. The molecule has 0 bridgehead atoms. The van der Waals surface area contributed by atoms with Crippen molar-refractivity contribution in [2.45, 2.75) is 46.5 Å². The lowest BCUT2D eigenvalue weighted by Gasteiger charge is -2.15. The van der Waals surface area contributed by atoms with Crippen LogP contribution < -0.4 is 9.47 Å². The van der Waals surface area contributed by atoms with E-state index < -0.39 is 5.97 Å². The van der Waals surface area contributed by atoms with E-state index in [0.717, 1.165) is 37.2 Å². The van der Waals surface area contributed by atoms with Gasteiger partial charge >= 0.3 is 5.97 Å². The van der Waals surface area contributed by atoms with E-state index in [1.165, 1.54) is 5.56 Å². The molecule has 0 spiro atoms. The first-order valence-corrected chi connectivity index (χ1v) is 8.68. The van der Waals surface area contributed by atoms with Crippen molar-refractivity contribution in [2.24, 2.45) is 17.8 Å². The molecule has 0 aromatic heterocycles. The molecule has 1 aromatic carbocycles. The molecule has 0 heterocycles. The standard InChI is InChI=1S/C19H28O4/c1-4-8-22-17-7-6-14(11-18(17)23-9-5-2)10-13(3)15-12-16(15)19(20)21/h6-7,11,13,15-16H,4-5,8-10,12H2,1-3H3,(H,20,21).